The van der Waals surface area contributed by atoms with Gasteiger partial charge in [-0.15, -0.1) is 0 Å². The molecule has 3 heteroatoms. The first-order chi connectivity index (χ1) is 8.11. The zero-order valence-corrected chi connectivity index (χ0v) is 11.9. The third kappa shape index (κ3) is 3.43. The molecule has 3 nitrogen and oxygen atoms in total. The van der Waals surface area contributed by atoms with Crippen LogP contribution in [-0.2, 0) is 0 Å². The SMILES string of the molecule is CCNC(CN1CC(C)C(N(C)C)C1)C1CC1. The van der Waals surface area contributed by atoms with Gasteiger partial charge in [0, 0.05) is 31.7 Å². The van der Waals surface area contributed by atoms with Gasteiger partial charge in [-0.25, -0.2) is 0 Å². The number of rotatable bonds is 6. The minimum atomic E-state index is 0.744. The summed E-state index contributed by atoms with van der Waals surface area (Å²) in [5.41, 5.74) is 0. The predicted octanol–water partition coefficient (Wildman–Crippen LogP) is 1.26. The number of nitrogens with one attached hydrogen (secondary N) is 1. The summed E-state index contributed by atoms with van der Waals surface area (Å²) in [6.07, 6.45) is 2.89. The van der Waals surface area contributed by atoms with Crippen LogP contribution in [0.2, 0.25) is 0 Å². The highest BCUT2D eigenvalue weighted by atomic mass is 15.2. The van der Waals surface area contributed by atoms with Gasteiger partial charge in [-0.2, -0.15) is 0 Å². The molecule has 1 N–H and O–H groups in total. The number of nitrogens with zero attached hydrogens (tertiary/aromatic N) is 2. The van der Waals surface area contributed by atoms with Crippen molar-refractivity contribution in [1.29, 1.82) is 0 Å². The van der Waals surface area contributed by atoms with Gasteiger partial charge < -0.3 is 10.2 Å². The Balaban J connectivity index is 1.82. The fourth-order valence-corrected chi connectivity index (χ4v) is 3.29. The Morgan fingerprint density at radius 1 is 1.29 bits per heavy atom. The molecule has 0 aromatic heterocycles. The second-order valence-corrected chi connectivity index (χ2v) is 6.23. The standard InChI is InChI=1S/C14H29N3/c1-5-15-13(12-6-7-12)9-17-8-11(2)14(10-17)16(3)4/h11-15H,5-10H2,1-4H3. The molecular weight excluding hydrogens is 210 g/mol. The van der Waals surface area contributed by atoms with Crippen LogP contribution < -0.4 is 5.32 Å². The molecule has 1 aliphatic carbocycles. The Morgan fingerprint density at radius 2 is 2.00 bits per heavy atom. The van der Waals surface area contributed by atoms with Crippen LogP contribution in [-0.4, -0.2) is 62.2 Å². The fourth-order valence-electron chi connectivity index (χ4n) is 3.29. The maximum absolute atomic E-state index is 3.68. The molecule has 17 heavy (non-hydrogen) atoms. The van der Waals surface area contributed by atoms with Gasteiger partial charge in [-0.3, -0.25) is 4.90 Å². The van der Waals surface area contributed by atoms with E-state index in [0.29, 0.717) is 0 Å². The topological polar surface area (TPSA) is 18.5 Å². The molecule has 0 bridgehead atoms. The lowest BCUT2D eigenvalue weighted by Crippen LogP contribution is -2.42. The second kappa shape index (κ2) is 5.68. The van der Waals surface area contributed by atoms with Gasteiger partial charge in [0.1, 0.15) is 0 Å². The molecule has 2 fully saturated rings. The molecule has 0 aromatic rings. The van der Waals surface area contributed by atoms with Crippen LogP contribution >= 0.6 is 0 Å². The van der Waals surface area contributed by atoms with E-state index in [4.69, 9.17) is 0 Å². The molecule has 2 rings (SSSR count). The minimum absolute atomic E-state index is 0.744. The lowest BCUT2D eigenvalue weighted by Gasteiger charge is -2.25. The van der Waals surface area contributed by atoms with Gasteiger partial charge in [0.15, 0.2) is 0 Å². The molecule has 3 atom stereocenters. The second-order valence-electron chi connectivity index (χ2n) is 6.23. The number of likely N-dealkylation sites (N-methyl/N-ethyl adjacent to an activating group) is 2. The fraction of sp³-hybridized carbons (Fsp3) is 1.00. The number of likely N-dealkylation sites (tertiary alicyclic amines) is 1. The summed E-state index contributed by atoms with van der Waals surface area (Å²) in [6, 6.07) is 1.49. The highest BCUT2D eigenvalue weighted by Gasteiger charge is 2.36. The van der Waals surface area contributed by atoms with Crippen LogP contribution in [0.5, 0.6) is 0 Å². The van der Waals surface area contributed by atoms with Gasteiger partial charge in [0.25, 0.3) is 0 Å². The Bertz CT molecular complexity index is 238. The third-order valence-corrected chi connectivity index (χ3v) is 4.42. The van der Waals surface area contributed by atoms with E-state index < -0.39 is 0 Å². The smallest absolute Gasteiger partial charge is 0.0254 e. The monoisotopic (exact) mass is 239 g/mol. The Labute approximate surface area is 107 Å². The minimum Gasteiger partial charge on any atom is -0.313 e. The molecule has 0 radical (unpaired) electrons. The van der Waals surface area contributed by atoms with E-state index in [1.165, 1.54) is 32.5 Å². The summed E-state index contributed by atoms with van der Waals surface area (Å²) in [5, 5.41) is 3.68. The first-order valence-corrected chi connectivity index (χ1v) is 7.24. The Morgan fingerprint density at radius 3 is 2.47 bits per heavy atom. The van der Waals surface area contributed by atoms with E-state index in [2.05, 4.69) is 43.1 Å². The molecular formula is C14H29N3. The molecule has 1 heterocycles. The van der Waals surface area contributed by atoms with E-state index >= 15 is 0 Å². The van der Waals surface area contributed by atoms with Crippen molar-refractivity contribution >= 4 is 0 Å². The first-order valence-electron chi connectivity index (χ1n) is 7.24. The Hall–Kier alpha value is -0.120. The van der Waals surface area contributed by atoms with Crippen molar-refractivity contribution in [3.05, 3.63) is 0 Å². The van der Waals surface area contributed by atoms with Crippen LogP contribution in [0.15, 0.2) is 0 Å². The van der Waals surface area contributed by atoms with Crippen LogP contribution in [0.1, 0.15) is 26.7 Å². The van der Waals surface area contributed by atoms with Gasteiger partial charge in [0.2, 0.25) is 0 Å². The van der Waals surface area contributed by atoms with Crippen molar-refractivity contribution in [3.63, 3.8) is 0 Å². The number of hydrogen-bond donors (Lipinski definition) is 1. The quantitative estimate of drug-likeness (QED) is 0.753. The summed E-state index contributed by atoms with van der Waals surface area (Å²) in [6.45, 7) is 9.52. The molecule has 0 spiro atoms. The molecule has 100 valence electrons. The molecule has 1 saturated carbocycles. The maximum Gasteiger partial charge on any atom is 0.0254 e. The molecule has 3 unspecified atom stereocenters. The lowest BCUT2D eigenvalue weighted by molar-refractivity contribution is 0.238. The molecule has 0 amide bonds. The van der Waals surface area contributed by atoms with Gasteiger partial charge in [-0.1, -0.05) is 13.8 Å². The van der Waals surface area contributed by atoms with Crippen molar-refractivity contribution in [2.75, 3.05) is 40.3 Å². The van der Waals surface area contributed by atoms with Crippen molar-refractivity contribution in [2.45, 2.75) is 38.8 Å². The van der Waals surface area contributed by atoms with E-state index in [-0.39, 0.29) is 0 Å². The summed E-state index contributed by atoms with van der Waals surface area (Å²) in [4.78, 5) is 5.06. The van der Waals surface area contributed by atoms with Crippen molar-refractivity contribution in [3.8, 4) is 0 Å². The predicted molar refractivity (Wildman–Crippen MR) is 73.3 cm³/mol. The van der Waals surface area contributed by atoms with E-state index in [1.54, 1.807) is 0 Å². The number of hydrogen-bond acceptors (Lipinski definition) is 3. The van der Waals surface area contributed by atoms with E-state index in [9.17, 15) is 0 Å². The normalized spacial score (nSPS) is 32.3. The van der Waals surface area contributed by atoms with Gasteiger partial charge in [0.05, 0.1) is 0 Å². The summed E-state index contributed by atoms with van der Waals surface area (Å²) in [7, 11) is 4.43. The van der Waals surface area contributed by atoms with Crippen molar-refractivity contribution < 1.29 is 0 Å². The van der Waals surface area contributed by atoms with Crippen LogP contribution in [0.3, 0.4) is 0 Å². The van der Waals surface area contributed by atoms with Gasteiger partial charge >= 0.3 is 0 Å². The zero-order valence-electron chi connectivity index (χ0n) is 11.9. The van der Waals surface area contributed by atoms with Crippen molar-refractivity contribution in [1.82, 2.24) is 15.1 Å². The highest BCUT2D eigenvalue weighted by Crippen LogP contribution is 2.33. The average Bonchev–Trinajstić information content (AvgIpc) is 3.03. The van der Waals surface area contributed by atoms with E-state index in [1.807, 2.05) is 0 Å². The Kier molecular flexibility index (Phi) is 4.45. The highest BCUT2D eigenvalue weighted by molar-refractivity contribution is 4.93. The van der Waals surface area contributed by atoms with Crippen LogP contribution in [0, 0.1) is 11.8 Å². The van der Waals surface area contributed by atoms with Crippen molar-refractivity contribution in [2.24, 2.45) is 11.8 Å². The third-order valence-electron chi connectivity index (χ3n) is 4.42. The molecule has 0 aromatic carbocycles. The molecule has 1 saturated heterocycles. The maximum atomic E-state index is 3.68. The summed E-state index contributed by atoms with van der Waals surface area (Å²) < 4.78 is 0. The molecule has 1 aliphatic heterocycles. The lowest BCUT2D eigenvalue weighted by atomic mass is 10.1. The largest absolute Gasteiger partial charge is 0.313 e. The van der Waals surface area contributed by atoms with Crippen LogP contribution in [0.25, 0.3) is 0 Å². The summed E-state index contributed by atoms with van der Waals surface area (Å²) >= 11 is 0. The van der Waals surface area contributed by atoms with E-state index in [0.717, 1.165) is 30.5 Å². The average molecular weight is 239 g/mol. The first kappa shape index (κ1) is 13.3. The summed E-state index contributed by atoms with van der Waals surface area (Å²) in [5.74, 6) is 1.77. The van der Waals surface area contributed by atoms with Crippen LogP contribution in [0.4, 0.5) is 0 Å². The zero-order chi connectivity index (χ0) is 12.4. The molecule has 2 aliphatic rings. The van der Waals surface area contributed by atoms with Gasteiger partial charge in [-0.05, 0) is 45.3 Å².